The predicted octanol–water partition coefficient (Wildman–Crippen LogP) is 2.76. The first-order valence-electron chi connectivity index (χ1n) is 8.03. The molecule has 3 rings (SSSR count). The lowest BCUT2D eigenvalue weighted by Crippen LogP contribution is -2.19. The van der Waals surface area contributed by atoms with Crippen molar-refractivity contribution in [3.8, 4) is 22.6 Å². The molecule has 2 unspecified atom stereocenters. The van der Waals surface area contributed by atoms with Gasteiger partial charge in [0, 0.05) is 11.1 Å². The van der Waals surface area contributed by atoms with Crippen LogP contribution < -0.4 is 0 Å². The summed E-state index contributed by atoms with van der Waals surface area (Å²) in [6, 6.07) is 10.6. The molecular weight excluding hydrogens is 292 g/mol. The van der Waals surface area contributed by atoms with Gasteiger partial charge in [0.25, 0.3) is 0 Å². The molecule has 0 fully saturated rings. The minimum atomic E-state index is -0.542. The molecular formula is C19H22O4. The number of aryl methyl sites for hydroxylation is 2. The number of hydrogen-bond donors (Lipinski definition) is 4. The maximum Gasteiger partial charge on any atom is 0.123 e. The summed E-state index contributed by atoms with van der Waals surface area (Å²) in [7, 11) is 0. The fraction of sp³-hybridized carbons (Fsp3) is 0.368. The fourth-order valence-electron chi connectivity index (χ4n) is 3.13. The summed E-state index contributed by atoms with van der Waals surface area (Å²) in [5.41, 5.74) is 3.15. The molecule has 4 nitrogen and oxygen atoms in total. The van der Waals surface area contributed by atoms with Crippen LogP contribution in [0, 0.1) is 0 Å². The third-order valence-corrected chi connectivity index (χ3v) is 4.49. The molecule has 122 valence electrons. The van der Waals surface area contributed by atoms with Gasteiger partial charge in [-0.1, -0.05) is 12.1 Å². The molecule has 0 amide bonds. The molecule has 23 heavy (non-hydrogen) atoms. The van der Waals surface area contributed by atoms with Crippen molar-refractivity contribution in [3.63, 3.8) is 0 Å². The quantitative estimate of drug-likeness (QED) is 0.603. The Morgan fingerprint density at radius 1 is 0.696 bits per heavy atom. The zero-order valence-electron chi connectivity index (χ0n) is 12.9. The maximum atomic E-state index is 10.2. The molecule has 0 saturated heterocycles. The van der Waals surface area contributed by atoms with E-state index < -0.39 is 12.2 Å². The molecule has 4 N–H and O–H groups in total. The van der Waals surface area contributed by atoms with E-state index in [1.807, 2.05) is 24.3 Å². The van der Waals surface area contributed by atoms with E-state index in [0.717, 1.165) is 11.1 Å². The number of fused-ring (bicyclic) bond motifs is 5. The van der Waals surface area contributed by atoms with Gasteiger partial charge in [-0.15, -0.1) is 0 Å². The normalized spacial score (nSPS) is 21.8. The molecule has 0 heterocycles. The molecule has 0 aromatic heterocycles. The maximum absolute atomic E-state index is 10.2. The topological polar surface area (TPSA) is 80.9 Å². The first kappa shape index (κ1) is 15.8. The van der Waals surface area contributed by atoms with Crippen LogP contribution in [0.5, 0.6) is 11.5 Å². The monoisotopic (exact) mass is 314 g/mol. The summed E-state index contributed by atoms with van der Waals surface area (Å²) in [5, 5.41) is 40.5. The van der Waals surface area contributed by atoms with Crippen LogP contribution in [0.2, 0.25) is 0 Å². The molecule has 1 aliphatic carbocycles. The Labute approximate surface area is 135 Å². The SMILES string of the molecule is Oc1ccc2cc1-c1cc(ccc1O)CCC(O)CC(O)CC2. The van der Waals surface area contributed by atoms with E-state index in [1.165, 1.54) is 0 Å². The molecule has 0 saturated carbocycles. The Balaban J connectivity index is 2.07. The van der Waals surface area contributed by atoms with Crippen molar-refractivity contribution >= 4 is 0 Å². The van der Waals surface area contributed by atoms with Gasteiger partial charge < -0.3 is 20.4 Å². The largest absolute Gasteiger partial charge is 0.507 e. The van der Waals surface area contributed by atoms with E-state index in [2.05, 4.69) is 0 Å². The number of aliphatic hydroxyl groups is 2. The average molecular weight is 314 g/mol. The Bertz CT molecular complexity index is 636. The van der Waals surface area contributed by atoms with Crippen LogP contribution in [-0.4, -0.2) is 32.6 Å². The van der Waals surface area contributed by atoms with Crippen molar-refractivity contribution < 1.29 is 20.4 Å². The van der Waals surface area contributed by atoms with Gasteiger partial charge >= 0.3 is 0 Å². The highest BCUT2D eigenvalue weighted by Gasteiger charge is 2.16. The zero-order valence-corrected chi connectivity index (χ0v) is 12.9. The standard InChI is InChI=1S/C19H22O4/c20-14-5-1-12-3-7-18(22)16(9-12)17-10-13(4-8-19(17)23)2-6-15(21)11-14/h3-4,7-10,14-15,20-23H,1-2,5-6,11H2. The number of benzene rings is 2. The number of aliphatic hydroxyl groups excluding tert-OH is 2. The van der Waals surface area contributed by atoms with Crippen LogP contribution in [0.1, 0.15) is 30.4 Å². The van der Waals surface area contributed by atoms with Gasteiger partial charge in [-0.3, -0.25) is 0 Å². The molecule has 2 atom stereocenters. The highest BCUT2D eigenvalue weighted by molar-refractivity contribution is 5.76. The Morgan fingerprint density at radius 2 is 1.13 bits per heavy atom. The summed E-state index contributed by atoms with van der Waals surface area (Å²) < 4.78 is 0. The van der Waals surface area contributed by atoms with Gasteiger partial charge in [0.1, 0.15) is 11.5 Å². The van der Waals surface area contributed by atoms with Gasteiger partial charge in [-0.2, -0.15) is 0 Å². The number of phenolic OH excluding ortho intramolecular Hbond substituents is 2. The first-order chi connectivity index (χ1) is 11.0. The van der Waals surface area contributed by atoms with Crippen molar-refractivity contribution in [1.29, 1.82) is 0 Å². The van der Waals surface area contributed by atoms with Crippen molar-refractivity contribution in [2.24, 2.45) is 0 Å². The molecule has 2 aromatic carbocycles. The van der Waals surface area contributed by atoms with Crippen LogP contribution in [-0.2, 0) is 12.8 Å². The first-order valence-corrected chi connectivity index (χ1v) is 8.03. The Kier molecular flexibility index (Phi) is 4.55. The number of hydrogen-bond acceptors (Lipinski definition) is 4. The van der Waals surface area contributed by atoms with Crippen LogP contribution >= 0.6 is 0 Å². The van der Waals surface area contributed by atoms with E-state index in [0.29, 0.717) is 43.2 Å². The third kappa shape index (κ3) is 3.66. The van der Waals surface area contributed by atoms with Gasteiger partial charge in [-0.25, -0.2) is 0 Å². The van der Waals surface area contributed by atoms with Crippen molar-refractivity contribution in [2.45, 2.75) is 44.3 Å². The van der Waals surface area contributed by atoms with Gasteiger partial charge in [-0.05, 0) is 67.5 Å². The minimum Gasteiger partial charge on any atom is -0.507 e. The molecule has 2 aromatic rings. The van der Waals surface area contributed by atoms with E-state index in [-0.39, 0.29) is 11.5 Å². The third-order valence-electron chi connectivity index (χ3n) is 4.49. The van der Waals surface area contributed by atoms with Crippen LogP contribution in [0.15, 0.2) is 36.4 Å². The van der Waals surface area contributed by atoms with Crippen LogP contribution in [0.4, 0.5) is 0 Å². The number of phenols is 2. The summed E-state index contributed by atoms with van der Waals surface area (Å²) in [6.07, 6.45) is 1.72. The van der Waals surface area contributed by atoms with Crippen molar-refractivity contribution in [3.05, 3.63) is 47.5 Å². The Morgan fingerprint density at radius 3 is 1.57 bits per heavy atom. The summed E-state index contributed by atoms with van der Waals surface area (Å²) in [6.45, 7) is 0. The van der Waals surface area contributed by atoms with Gasteiger partial charge in [0.15, 0.2) is 0 Å². The smallest absolute Gasteiger partial charge is 0.123 e. The molecule has 4 bridgehead atoms. The molecule has 4 heteroatoms. The molecule has 0 spiro atoms. The minimum absolute atomic E-state index is 0.122. The lowest BCUT2D eigenvalue weighted by Gasteiger charge is -2.15. The van der Waals surface area contributed by atoms with Crippen LogP contribution in [0.25, 0.3) is 11.1 Å². The molecule has 1 aliphatic rings. The summed E-state index contributed by atoms with van der Waals surface area (Å²) in [5.74, 6) is 0.244. The average Bonchev–Trinajstić information content (AvgIpc) is 2.53. The highest BCUT2D eigenvalue weighted by Crippen LogP contribution is 2.37. The fourth-order valence-corrected chi connectivity index (χ4v) is 3.13. The molecule has 0 radical (unpaired) electrons. The van der Waals surface area contributed by atoms with Crippen molar-refractivity contribution in [2.75, 3.05) is 0 Å². The second kappa shape index (κ2) is 6.60. The van der Waals surface area contributed by atoms with Crippen molar-refractivity contribution in [1.82, 2.24) is 0 Å². The Hall–Kier alpha value is -2.04. The van der Waals surface area contributed by atoms with Gasteiger partial charge in [0.2, 0.25) is 0 Å². The van der Waals surface area contributed by atoms with E-state index in [1.54, 1.807) is 12.1 Å². The lowest BCUT2D eigenvalue weighted by atomic mass is 9.96. The van der Waals surface area contributed by atoms with E-state index in [9.17, 15) is 20.4 Å². The second-order valence-electron chi connectivity index (χ2n) is 6.32. The number of rotatable bonds is 0. The van der Waals surface area contributed by atoms with E-state index >= 15 is 0 Å². The second-order valence-corrected chi connectivity index (χ2v) is 6.32. The summed E-state index contributed by atoms with van der Waals surface area (Å²) in [4.78, 5) is 0. The summed E-state index contributed by atoms with van der Waals surface area (Å²) >= 11 is 0. The van der Waals surface area contributed by atoms with E-state index in [4.69, 9.17) is 0 Å². The van der Waals surface area contributed by atoms with Crippen LogP contribution in [0.3, 0.4) is 0 Å². The zero-order chi connectivity index (χ0) is 16.4. The molecule has 0 aliphatic heterocycles. The predicted molar refractivity (Wildman–Crippen MR) is 88.5 cm³/mol. The van der Waals surface area contributed by atoms with Gasteiger partial charge in [0.05, 0.1) is 12.2 Å². The highest BCUT2D eigenvalue weighted by atomic mass is 16.3. The number of aromatic hydroxyl groups is 2. The lowest BCUT2D eigenvalue weighted by molar-refractivity contribution is 0.0714.